The number of halogens is 2. The zero-order valence-electron chi connectivity index (χ0n) is 11.4. The van der Waals surface area contributed by atoms with Gasteiger partial charge in [0.2, 0.25) is 5.91 Å². The van der Waals surface area contributed by atoms with Crippen LogP contribution in [0.1, 0.15) is 32.3 Å². The number of rotatable bonds is 6. The molecule has 1 amide bonds. The molecule has 1 rings (SSSR count). The van der Waals surface area contributed by atoms with E-state index in [0.29, 0.717) is 0 Å². The van der Waals surface area contributed by atoms with E-state index in [9.17, 15) is 18.4 Å². The van der Waals surface area contributed by atoms with E-state index in [0.717, 1.165) is 18.2 Å². The van der Waals surface area contributed by atoms with Crippen LogP contribution in [0.4, 0.5) is 8.78 Å². The molecule has 0 saturated carbocycles. The van der Waals surface area contributed by atoms with Gasteiger partial charge in [-0.15, -0.1) is 0 Å². The highest BCUT2D eigenvalue weighted by atomic mass is 19.1. The monoisotopic (exact) mass is 285 g/mol. The Morgan fingerprint density at radius 3 is 2.55 bits per heavy atom. The first-order chi connectivity index (χ1) is 9.28. The van der Waals surface area contributed by atoms with Gasteiger partial charge in [-0.3, -0.25) is 4.79 Å². The van der Waals surface area contributed by atoms with Crippen molar-refractivity contribution in [1.82, 2.24) is 5.32 Å². The standard InChI is InChI=1S/C14H17F2NO3/c1-3-14(2,13(19)20)17-12(18)7-4-9-8-10(15)5-6-11(9)16/h5-6,8H,3-4,7H2,1-2H3,(H,17,18)(H,19,20). The third-order valence-electron chi connectivity index (χ3n) is 3.22. The lowest BCUT2D eigenvalue weighted by Crippen LogP contribution is -2.51. The molecule has 110 valence electrons. The predicted molar refractivity (Wildman–Crippen MR) is 69.2 cm³/mol. The normalized spacial score (nSPS) is 13.6. The summed E-state index contributed by atoms with van der Waals surface area (Å²) < 4.78 is 26.3. The highest BCUT2D eigenvalue weighted by molar-refractivity contribution is 5.86. The maximum Gasteiger partial charge on any atom is 0.329 e. The molecule has 0 saturated heterocycles. The Morgan fingerprint density at radius 2 is 2.00 bits per heavy atom. The van der Waals surface area contributed by atoms with Gasteiger partial charge in [0, 0.05) is 6.42 Å². The van der Waals surface area contributed by atoms with Gasteiger partial charge in [-0.1, -0.05) is 6.92 Å². The van der Waals surface area contributed by atoms with Crippen molar-refractivity contribution in [2.45, 2.75) is 38.6 Å². The number of aliphatic carboxylic acids is 1. The molecular formula is C14H17F2NO3. The number of carbonyl (C=O) groups excluding carboxylic acids is 1. The molecule has 0 radical (unpaired) electrons. The zero-order valence-corrected chi connectivity index (χ0v) is 11.4. The average Bonchev–Trinajstić information content (AvgIpc) is 2.39. The van der Waals surface area contributed by atoms with Gasteiger partial charge in [-0.2, -0.15) is 0 Å². The first-order valence-corrected chi connectivity index (χ1v) is 6.27. The number of benzene rings is 1. The molecule has 1 atom stereocenters. The predicted octanol–water partition coefficient (Wildman–Crippen LogP) is 2.27. The quantitative estimate of drug-likeness (QED) is 0.842. The lowest BCUT2D eigenvalue weighted by Gasteiger charge is -2.24. The number of carboxylic acid groups (broad SMARTS) is 1. The molecule has 1 aromatic carbocycles. The Bertz CT molecular complexity index is 519. The van der Waals surface area contributed by atoms with Crippen LogP contribution in [0.5, 0.6) is 0 Å². The molecule has 4 nitrogen and oxygen atoms in total. The van der Waals surface area contributed by atoms with Crippen molar-refractivity contribution < 1.29 is 23.5 Å². The fourth-order valence-electron chi connectivity index (χ4n) is 1.65. The number of nitrogens with one attached hydrogen (secondary N) is 1. The first-order valence-electron chi connectivity index (χ1n) is 6.27. The second-order valence-electron chi connectivity index (χ2n) is 4.77. The van der Waals surface area contributed by atoms with Gasteiger partial charge in [-0.05, 0) is 43.5 Å². The molecule has 0 heterocycles. The number of carboxylic acids is 1. The van der Waals surface area contributed by atoms with Crippen molar-refractivity contribution in [2.75, 3.05) is 0 Å². The Balaban J connectivity index is 2.64. The zero-order chi connectivity index (χ0) is 15.3. The van der Waals surface area contributed by atoms with Gasteiger partial charge in [-0.25, -0.2) is 13.6 Å². The summed E-state index contributed by atoms with van der Waals surface area (Å²) in [7, 11) is 0. The van der Waals surface area contributed by atoms with E-state index in [4.69, 9.17) is 5.11 Å². The summed E-state index contributed by atoms with van der Waals surface area (Å²) in [5.41, 5.74) is -1.26. The largest absolute Gasteiger partial charge is 0.480 e. The first kappa shape index (κ1) is 16.1. The van der Waals surface area contributed by atoms with Crippen LogP contribution in [-0.2, 0) is 16.0 Å². The summed E-state index contributed by atoms with van der Waals surface area (Å²) in [5.74, 6) is -2.81. The number of carbonyl (C=O) groups is 2. The molecule has 0 bridgehead atoms. The summed E-state index contributed by atoms with van der Waals surface area (Å²) in [5, 5.41) is 11.4. The smallest absolute Gasteiger partial charge is 0.329 e. The van der Waals surface area contributed by atoms with Gasteiger partial charge < -0.3 is 10.4 Å². The van der Waals surface area contributed by atoms with E-state index in [1.165, 1.54) is 6.92 Å². The fourth-order valence-corrected chi connectivity index (χ4v) is 1.65. The summed E-state index contributed by atoms with van der Waals surface area (Å²) >= 11 is 0. The Morgan fingerprint density at radius 1 is 1.35 bits per heavy atom. The third kappa shape index (κ3) is 4.01. The lowest BCUT2D eigenvalue weighted by molar-refractivity contribution is -0.147. The SMILES string of the molecule is CCC(C)(NC(=O)CCc1cc(F)ccc1F)C(=O)O. The minimum atomic E-state index is -1.35. The molecule has 6 heteroatoms. The molecule has 0 spiro atoms. The van der Waals surface area contributed by atoms with E-state index in [2.05, 4.69) is 5.32 Å². The highest BCUT2D eigenvalue weighted by Gasteiger charge is 2.32. The number of hydrogen-bond donors (Lipinski definition) is 2. The molecule has 0 aliphatic carbocycles. The molecule has 0 aromatic heterocycles. The van der Waals surface area contributed by atoms with Crippen LogP contribution < -0.4 is 5.32 Å². The summed E-state index contributed by atoms with van der Waals surface area (Å²) in [6.07, 6.45) is 0.125. The van der Waals surface area contributed by atoms with Gasteiger partial charge in [0.25, 0.3) is 0 Å². The highest BCUT2D eigenvalue weighted by Crippen LogP contribution is 2.13. The van der Waals surface area contributed by atoms with Crippen LogP contribution in [0, 0.1) is 11.6 Å². The average molecular weight is 285 g/mol. The molecule has 20 heavy (non-hydrogen) atoms. The van der Waals surface area contributed by atoms with Gasteiger partial charge in [0.1, 0.15) is 17.2 Å². The maximum absolute atomic E-state index is 13.4. The molecule has 1 aromatic rings. The topological polar surface area (TPSA) is 66.4 Å². The second-order valence-corrected chi connectivity index (χ2v) is 4.77. The van der Waals surface area contributed by atoms with Crippen LogP contribution >= 0.6 is 0 Å². The van der Waals surface area contributed by atoms with Crippen molar-refractivity contribution in [3.8, 4) is 0 Å². The van der Waals surface area contributed by atoms with E-state index in [1.54, 1.807) is 6.92 Å². The molecular weight excluding hydrogens is 268 g/mol. The number of amides is 1. The molecule has 2 N–H and O–H groups in total. The van der Waals surface area contributed by atoms with Crippen molar-refractivity contribution in [2.24, 2.45) is 0 Å². The van der Waals surface area contributed by atoms with Crippen molar-refractivity contribution in [3.63, 3.8) is 0 Å². The van der Waals surface area contributed by atoms with E-state index in [-0.39, 0.29) is 24.8 Å². The van der Waals surface area contributed by atoms with Crippen molar-refractivity contribution in [3.05, 3.63) is 35.4 Å². The van der Waals surface area contributed by atoms with Crippen molar-refractivity contribution in [1.29, 1.82) is 0 Å². The van der Waals surface area contributed by atoms with Crippen molar-refractivity contribution >= 4 is 11.9 Å². The van der Waals surface area contributed by atoms with Crippen LogP contribution in [0.25, 0.3) is 0 Å². The van der Waals surface area contributed by atoms with E-state index < -0.39 is 29.0 Å². The lowest BCUT2D eigenvalue weighted by atomic mass is 9.98. The van der Waals surface area contributed by atoms with Crippen LogP contribution in [0.3, 0.4) is 0 Å². The maximum atomic E-state index is 13.4. The Labute approximate surface area is 115 Å². The van der Waals surface area contributed by atoms with Crippen LogP contribution in [0.15, 0.2) is 18.2 Å². The van der Waals surface area contributed by atoms with E-state index in [1.807, 2.05) is 0 Å². The molecule has 0 fully saturated rings. The third-order valence-corrected chi connectivity index (χ3v) is 3.22. The molecule has 0 aliphatic heterocycles. The van der Waals surface area contributed by atoms with Gasteiger partial charge in [0.15, 0.2) is 0 Å². The fraction of sp³-hybridized carbons (Fsp3) is 0.429. The summed E-state index contributed by atoms with van der Waals surface area (Å²) in [4.78, 5) is 22.7. The Kier molecular flexibility index (Phi) is 5.19. The van der Waals surface area contributed by atoms with Crippen LogP contribution in [-0.4, -0.2) is 22.5 Å². The number of aryl methyl sites for hydroxylation is 1. The summed E-state index contributed by atoms with van der Waals surface area (Å²) in [6.45, 7) is 3.04. The summed E-state index contributed by atoms with van der Waals surface area (Å²) in [6, 6.07) is 3.02. The molecule has 0 aliphatic rings. The minimum Gasteiger partial charge on any atom is -0.480 e. The number of hydrogen-bond acceptors (Lipinski definition) is 2. The van der Waals surface area contributed by atoms with Gasteiger partial charge >= 0.3 is 5.97 Å². The Hall–Kier alpha value is -1.98. The van der Waals surface area contributed by atoms with Crippen LogP contribution in [0.2, 0.25) is 0 Å². The van der Waals surface area contributed by atoms with Gasteiger partial charge in [0.05, 0.1) is 0 Å². The minimum absolute atomic E-state index is 0.00877. The second kappa shape index (κ2) is 6.45. The molecule has 1 unspecified atom stereocenters. The van der Waals surface area contributed by atoms with E-state index >= 15 is 0 Å².